The highest BCUT2D eigenvalue weighted by Gasteiger charge is 2.53. The van der Waals surface area contributed by atoms with E-state index in [-0.39, 0.29) is 27.3 Å². The molecule has 1 fully saturated rings. The predicted octanol–water partition coefficient (Wildman–Crippen LogP) is 0.100. The molecule has 0 bridgehead atoms. The lowest BCUT2D eigenvalue weighted by Crippen LogP contribution is -2.72. The number of allylic oxidation sites excluding steroid dienone is 1. The fourth-order valence-electron chi connectivity index (χ4n) is 2.92. The third-order valence-corrected chi connectivity index (χ3v) is 5.07. The van der Waals surface area contributed by atoms with E-state index in [9.17, 15) is 19.5 Å². The van der Waals surface area contributed by atoms with Gasteiger partial charge in [-0.1, -0.05) is 16.8 Å². The molecule has 2 aliphatic heterocycles. The van der Waals surface area contributed by atoms with Gasteiger partial charge in [0.05, 0.1) is 6.04 Å². The van der Waals surface area contributed by atoms with Crippen LogP contribution >= 0.6 is 22.9 Å². The van der Waals surface area contributed by atoms with Crippen LogP contribution in [0.3, 0.4) is 0 Å². The lowest BCUT2D eigenvalue weighted by molar-refractivity contribution is -0.155. The van der Waals surface area contributed by atoms with E-state index in [1.807, 2.05) is 0 Å². The Morgan fingerprint density at radius 1 is 1.58 bits per heavy atom. The van der Waals surface area contributed by atoms with Crippen molar-refractivity contribution in [1.29, 1.82) is 0 Å². The van der Waals surface area contributed by atoms with Crippen molar-refractivity contribution in [1.82, 2.24) is 15.2 Å². The number of amides is 2. The van der Waals surface area contributed by atoms with Crippen molar-refractivity contribution in [2.24, 2.45) is 5.16 Å². The summed E-state index contributed by atoms with van der Waals surface area (Å²) in [6, 6.07) is -1.36. The number of nitrogen functional groups attached to an aromatic ring is 1. The summed E-state index contributed by atoms with van der Waals surface area (Å²) in [5.74, 6) is -2.50. The van der Waals surface area contributed by atoms with Crippen LogP contribution in [0.2, 0.25) is 0 Å². The van der Waals surface area contributed by atoms with Gasteiger partial charge in [-0.2, -0.15) is 0 Å². The number of halogens is 1. The lowest BCUT2D eigenvalue weighted by Gasteiger charge is -2.49. The molecule has 0 spiro atoms. The van der Waals surface area contributed by atoms with Crippen LogP contribution in [0, 0.1) is 0 Å². The van der Waals surface area contributed by atoms with E-state index in [4.69, 9.17) is 17.3 Å². The summed E-state index contributed by atoms with van der Waals surface area (Å²) in [6.45, 7) is 0. The van der Waals surface area contributed by atoms with Crippen molar-refractivity contribution in [3.63, 3.8) is 0 Å². The summed E-state index contributed by atoms with van der Waals surface area (Å²) in [5, 5.41) is 17.4. The quantitative estimate of drug-likeness (QED) is 0.361. The first-order valence-corrected chi connectivity index (χ1v) is 8.69. The van der Waals surface area contributed by atoms with Gasteiger partial charge in [-0.15, -0.1) is 11.3 Å². The Bertz CT molecular complexity index is 851. The second-order valence-electron chi connectivity index (χ2n) is 5.52. The van der Waals surface area contributed by atoms with Crippen molar-refractivity contribution in [3.05, 3.63) is 21.8 Å². The van der Waals surface area contributed by atoms with Crippen LogP contribution in [0.15, 0.2) is 21.3 Å². The first-order valence-electron chi connectivity index (χ1n) is 7.43. The number of carboxylic acids is 1. The minimum atomic E-state index is -1.28. The molecule has 0 radical (unpaired) electrons. The van der Waals surface area contributed by atoms with E-state index < -0.39 is 29.9 Å². The molecule has 2 amide bonds. The fraction of sp³-hybridized carbons (Fsp3) is 0.357. The predicted molar refractivity (Wildman–Crippen MR) is 92.4 cm³/mol. The number of oxime groups is 1. The van der Waals surface area contributed by atoms with Crippen molar-refractivity contribution in [2.75, 3.05) is 12.8 Å². The minimum absolute atomic E-state index is 0.117. The number of hydrogen-bond donors (Lipinski definition) is 3. The van der Waals surface area contributed by atoms with Crippen molar-refractivity contribution < 1.29 is 24.3 Å². The molecular weight excluding hydrogens is 386 g/mol. The first kappa shape index (κ1) is 18.1. The molecule has 2 aliphatic rings. The zero-order valence-electron chi connectivity index (χ0n) is 13.4. The number of carboxylic acid groups (broad SMARTS) is 1. The van der Waals surface area contributed by atoms with E-state index in [1.165, 1.54) is 12.5 Å². The number of aromatic nitrogens is 1. The Morgan fingerprint density at radius 2 is 2.31 bits per heavy atom. The highest BCUT2D eigenvalue weighted by atomic mass is 35.5. The molecule has 1 aromatic rings. The van der Waals surface area contributed by atoms with Crippen LogP contribution in [0.1, 0.15) is 18.5 Å². The molecule has 0 aliphatic carbocycles. The molecule has 138 valence electrons. The van der Waals surface area contributed by atoms with Gasteiger partial charge < -0.3 is 21.0 Å². The van der Waals surface area contributed by atoms with Gasteiger partial charge >= 0.3 is 5.97 Å². The molecular formula is C14H14ClN5O5S. The average Bonchev–Trinajstić information content (AvgIpc) is 3.02. The number of nitrogens with two attached hydrogens (primary N) is 1. The minimum Gasteiger partial charge on any atom is -0.477 e. The van der Waals surface area contributed by atoms with E-state index in [1.54, 1.807) is 0 Å². The number of aliphatic carboxylic acids is 1. The number of anilines is 1. The highest BCUT2D eigenvalue weighted by molar-refractivity contribution is 7.13. The molecule has 12 heteroatoms. The molecule has 3 rings (SSSR count). The van der Waals surface area contributed by atoms with Gasteiger partial charge in [0, 0.05) is 10.4 Å². The van der Waals surface area contributed by atoms with Crippen LogP contribution in [0.25, 0.3) is 0 Å². The maximum absolute atomic E-state index is 12.5. The molecule has 1 saturated heterocycles. The van der Waals surface area contributed by atoms with Gasteiger partial charge in [0.25, 0.3) is 11.8 Å². The Balaban J connectivity index is 1.78. The summed E-state index contributed by atoms with van der Waals surface area (Å²) in [5.41, 5.74) is 5.41. The second-order valence-corrected chi connectivity index (χ2v) is 6.86. The number of rotatable bonds is 5. The normalized spacial score (nSPS) is 22.6. The lowest BCUT2D eigenvalue weighted by atomic mass is 9.86. The van der Waals surface area contributed by atoms with Crippen molar-refractivity contribution >= 4 is 51.6 Å². The molecule has 10 nitrogen and oxygen atoms in total. The topological polar surface area (TPSA) is 147 Å². The maximum Gasteiger partial charge on any atom is 0.353 e. The van der Waals surface area contributed by atoms with E-state index in [2.05, 4.69) is 20.3 Å². The van der Waals surface area contributed by atoms with Gasteiger partial charge in [-0.05, 0) is 12.8 Å². The second kappa shape index (κ2) is 6.92. The van der Waals surface area contributed by atoms with E-state index in [0.29, 0.717) is 12.8 Å². The molecule has 0 saturated carbocycles. The van der Waals surface area contributed by atoms with Crippen LogP contribution in [-0.2, 0) is 19.2 Å². The summed E-state index contributed by atoms with van der Waals surface area (Å²) in [6.07, 6.45) is 0.748. The van der Waals surface area contributed by atoms with Crippen LogP contribution < -0.4 is 11.1 Å². The van der Waals surface area contributed by atoms with Crippen molar-refractivity contribution in [2.45, 2.75) is 24.9 Å². The van der Waals surface area contributed by atoms with Gasteiger partial charge in [-0.3, -0.25) is 14.5 Å². The fourth-order valence-corrected chi connectivity index (χ4v) is 3.75. The van der Waals surface area contributed by atoms with Gasteiger partial charge in [-0.25, -0.2) is 9.78 Å². The standard InChI is InChI=1S/C14H14ClN5O5S/c1-25-19-8(6-4-26-14(16)17-6)11(21)18-9-7-3-2-5(15)10(13(23)24)20(7)12(9)22/h4,7,9H,2-3H2,1H3,(H2,16,17)(H,18,21)(H,23,24)/t7-,9-/m0/s1. The average molecular weight is 400 g/mol. The Hall–Kier alpha value is -2.66. The molecule has 1 aromatic heterocycles. The zero-order valence-corrected chi connectivity index (χ0v) is 15.0. The number of nitrogens with one attached hydrogen (secondary N) is 1. The number of thiazole rings is 1. The third kappa shape index (κ3) is 2.99. The van der Waals surface area contributed by atoms with Crippen LogP contribution in [0.4, 0.5) is 5.13 Å². The molecule has 26 heavy (non-hydrogen) atoms. The third-order valence-electron chi connectivity index (χ3n) is 4.03. The maximum atomic E-state index is 12.5. The molecule has 4 N–H and O–H groups in total. The number of carbonyl (C=O) groups is 3. The largest absolute Gasteiger partial charge is 0.477 e. The van der Waals surface area contributed by atoms with E-state index >= 15 is 0 Å². The Morgan fingerprint density at radius 3 is 2.88 bits per heavy atom. The summed E-state index contributed by atoms with van der Waals surface area (Å²) >= 11 is 7.05. The van der Waals surface area contributed by atoms with Crippen molar-refractivity contribution in [3.8, 4) is 0 Å². The monoisotopic (exact) mass is 399 g/mol. The van der Waals surface area contributed by atoms with Crippen LogP contribution in [0.5, 0.6) is 0 Å². The number of fused-ring (bicyclic) bond motifs is 1. The first-order chi connectivity index (χ1) is 12.3. The Labute approximate surface area is 156 Å². The number of β-lactam (4-membered cyclic amide) rings is 1. The summed E-state index contributed by atoms with van der Waals surface area (Å²) in [4.78, 5) is 46.0. The van der Waals surface area contributed by atoms with Gasteiger partial charge in [0.1, 0.15) is 24.5 Å². The van der Waals surface area contributed by atoms with Gasteiger partial charge in [0.2, 0.25) is 0 Å². The van der Waals surface area contributed by atoms with E-state index in [0.717, 1.165) is 16.2 Å². The highest BCUT2D eigenvalue weighted by Crippen LogP contribution is 2.38. The SMILES string of the molecule is CON=C(C(=O)N[C@@H]1C(=O)N2C(C(=O)O)=C(Cl)CC[C@@H]12)c1csc(N)n1. The smallest absolute Gasteiger partial charge is 0.353 e. The molecule has 0 unspecified atom stereocenters. The number of carbonyl (C=O) groups excluding carboxylic acids is 2. The zero-order chi connectivity index (χ0) is 19.0. The number of nitrogens with zero attached hydrogens (tertiary/aromatic N) is 3. The van der Waals surface area contributed by atoms with Crippen LogP contribution in [-0.4, -0.2) is 57.7 Å². The summed E-state index contributed by atoms with van der Waals surface area (Å²) < 4.78 is 0. The molecule has 0 aromatic carbocycles. The van der Waals surface area contributed by atoms with Gasteiger partial charge in [0.15, 0.2) is 10.8 Å². The molecule has 3 heterocycles. The summed E-state index contributed by atoms with van der Waals surface area (Å²) in [7, 11) is 1.27. The number of hydrogen-bond acceptors (Lipinski definition) is 8. The molecule has 2 atom stereocenters. The Kier molecular flexibility index (Phi) is 4.83.